The first-order chi connectivity index (χ1) is 15.3. The fourth-order valence-corrected chi connectivity index (χ4v) is 4.98. The van der Waals surface area contributed by atoms with Crippen molar-refractivity contribution in [2.75, 3.05) is 53.6 Å². The summed E-state index contributed by atoms with van der Waals surface area (Å²) in [6, 6.07) is 11.4. The largest absolute Gasteiger partial charge is 0.497 e. The summed E-state index contributed by atoms with van der Waals surface area (Å²) in [6.07, 6.45) is 0. The minimum absolute atomic E-state index is 0.112. The molecule has 2 aromatic carbocycles. The Morgan fingerprint density at radius 3 is 2.34 bits per heavy atom. The predicted molar refractivity (Wildman–Crippen MR) is 121 cm³/mol. The van der Waals surface area contributed by atoms with Crippen molar-refractivity contribution in [3.05, 3.63) is 53.6 Å². The van der Waals surface area contributed by atoms with Gasteiger partial charge in [0.15, 0.2) is 5.78 Å². The van der Waals surface area contributed by atoms with Gasteiger partial charge in [-0.15, -0.1) is 0 Å². The molecule has 0 amide bonds. The van der Waals surface area contributed by atoms with E-state index in [-0.39, 0.29) is 17.2 Å². The van der Waals surface area contributed by atoms with Gasteiger partial charge in [-0.2, -0.15) is 4.31 Å². The van der Waals surface area contributed by atoms with Crippen molar-refractivity contribution in [2.24, 2.45) is 0 Å². The second kappa shape index (κ2) is 10.9. The number of nitrogens with zero attached hydrogens (tertiary/aromatic N) is 2. The molecule has 8 nitrogen and oxygen atoms in total. The number of methoxy groups -OCH3 is 2. The molecule has 1 saturated heterocycles. The van der Waals surface area contributed by atoms with E-state index in [1.807, 2.05) is 0 Å². The highest BCUT2D eigenvalue weighted by molar-refractivity contribution is 7.89. The summed E-state index contributed by atoms with van der Waals surface area (Å²) in [6.45, 7) is 5.28. The maximum absolute atomic E-state index is 13.6. The van der Waals surface area contributed by atoms with Crippen LogP contribution < -0.4 is 9.47 Å². The van der Waals surface area contributed by atoms with Gasteiger partial charge in [0.05, 0.1) is 32.3 Å². The van der Waals surface area contributed by atoms with E-state index in [0.29, 0.717) is 48.9 Å². The lowest BCUT2D eigenvalue weighted by Crippen LogP contribution is -2.42. The van der Waals surface area contributed by atoms with Crippen LogP contribution in [0.4, 0.5) is 0 Å². The molecule has 32 heavy (non-hydrogen) atoms. The van der Waals surface area contributed by atoms with Gasteiger partial charge in [-0.3, -0.25) is 9.69 Å². The average molecular weight is 463 g/mol. The first-order valence-corrected chi connectivity index (χ1v) is 11.9. The number of carbonyl (C=O) groups is 1. The van der Waals surface area contributed by atoms with Gasteiger partial charge >= 0.3 is 0 Å². The maximum atomic E-state index is 13.6. The van der Waals surface area contributed by atoms with Crippen LogP contribution >= 0.6 is 0 Å². The van der Waals surface area contributed by atoms with Crippen LogP contribution in [0, 0.1) is 0 Å². The van der Waals surface area contributed by atoms with Gasteiger partial charge in [-0.25, -0.2) is 8.42 Å². The lowest BCUT2D eigenvalue weighted by molar-refractivity contribution is 0.0361. The number of rotatable bonds is 10. The summed E-state index contributed by atoms with van der Waals surface area (Å²) in [5, 5.41) is 0. The second-order valence-electron chi connectivity index (χ2n) is 7.55. The van der Waals surface area contributed by atoms with E-state index in [1.165, 1.54) is 23.4 Å². The Labute approximate surface area is 189 Å². The van der Waals surface area contributed by atoms with E-state index < -0.39 is 10.0 Å². The molecular formula is C23H30N2O6S. The van der Waals surface area contributed by atoms with Gasteiger partial charge in [0.2, 0.25) is 10.0 Å². The van der Waals surface area contributed by atoms with E-state index in [0.717, 1.165) is 13.1 Å². The van der Waals surface area contributed by atoms with E-state index in [2.05, 4.69) is 4.90 Å². The Morgan fingerprint density at radius 2 is 1.75 bits per heavy atom. The molecule has 1 aliphatic rings. The van der Waals surface area contributed by atoms with Gasteiger partial charge in [-0.1, -0.05) is 12.1 Å². The zero-order valence-electron chi connectivity index (χ0n) is 18.7. The van der Waals surface area contributed by atoms with Crippen molar-refractivity contribution in [1.29, 1.82) is 0 Å². The molecule has 0 N–H and O–H groups in total. The molecule has 0 atom stereocenters. The molecular weight excluding hydrogens is 432 g/mol. The average Bonchev–Trinajstić information content (AvgIpc) is 2.82. The molecule has 2 aromatic rings. The number of Topliss-reactive ketones (excluding diaryl/α,β-unsaturated/α-hetero) is 1. The molecule has 0 saturated carbocycles. The summed E-state index contributed by atoms with van der Waals surface area (Å²) in [7, 11) is -0.701. The van der Waals surface area contributed by atoms with Gasteiger partial charge in [0, 0.05) is 43.9 Å². The zero-order chi connectivity index (χ0) is 23.1. The normalized spacial score (nSPS) is 15.0. The van der Waals surface area contributed by atoms with Crippen LogP contribution in [0.5, 0.6) is 11.5 Å². The quantitative estimate of drug-likeness (QED) is 0.501. The molecule has 3 rings (SSSR count). The molecule has 0 spiro atoms. The highest BCUT2D eigenvalue weighted by Gasteiger charge is 2.27. The fraction of sp³-hybridized carbons (Fsp3) is 0.435. The first kappa shape index (κ1) is 24.2. The zero-order valence-corrected chi connectivity index (χ0v) is 19.6. The number of morpholine rings is 1. The summed E-state index contributed by atoms with van der Waals surface area (Å²) in [5.41, 5.74) is 1.18. The maximum Gasteiger partial charge on any atom is 0.243 e. The monoisotopic (exact) mass is 462 g/mol. The van der Waals surface area contributed by atoms with Gasteiger partial charge in [0.1, 0.15) is 11.5 Å². The van der Waals surface area contributed by atoms with Crippen LogP contribution in [0.25, 0.3) is 0 Å². The second-order valence-corrected chi connectivity index (χ2v) is 9.49. The Hall–Kier alpha value is -2.46. The predicted octanol–water partition coefficient (Wildman–Crippen LogP) is 2.43. The third-order valence-electron chi connectivity index (χ3n) is 5.50. The minimum Gasteiger partial charge on any atom is -0.497 e. The number of hydrogen-bond donors (Lipinski definition) is 0. The highest BCUT2D eigenvalue weighted by Crippen LogP contribution is 2.28. The highest BCUT2D eigenvalue weighted by atomic mass is 32.2. The number of sulfonamides is 1. The van der Waals surface area contributed by atoms with E-state index in [9.17, 15) is 13.2 Å². The van der Waals surface area contributed by atoms with Crippen LogP contribution in [0.1, 0.15) is 22.8 Å². The van der Waals surface area contributed by atoms with Crippen molar-refractivity contribution in [2.45, 2.75) is 18.4 Å². The summed E-state index contributed by atoms with van der Waals surface area (Å²) in [4.78, 5) is 13.9. The lowest BCUT2D eigenvalue weighted by Gasteiger charge is -2.30. The van der Waals surface area contributed by atoms with Crippen molar-refractivity contribution >= 4 is 15.8 Å². The molecule has 0 unspecified atom stereocenters. The van der Waals surface area contributed by atoms with Crippen LogP contribution in [-0.2, 0) is 21.3 Å². The van der Waals surface area contributed by atoms with Crippen LogP contribution in [0.3, 0.4) is 0 Å². The van der Waals surface area contributed by atoms with Crippen LogP contribution in [0.15, 0.2) is 47.4 Å². The van der Waals surface area contributed by atoms with Crippen molar-refractivity contribution in [1.82, 2.24) is 9.21 Å². The fourth-order valence-electron chi connectivity index (χ4n) is 3.57. The summed E-state index contributed by atoms with van der Waals surface area (Å²) < 4.78 is 44.8. The third kappa shape index (κ3) is 5.86. The summed E-state index contributed by atoms with van der Waals surface area (Å²) >= 11 is 0. The molecule has 0 radical (unpaired) electrons. The molecule has 1 fully saturated rings. The Morgan fingerprint density at radius 1 is 1.06 bits per heavy atom. The van der Waals surface area contributed by atoms with Gasteiger partial charge in [0.25, 0.3) is 0 Å². The molecule has 9 heteroatoms. The Bertz CT molecular complexity index is 1020. The number of ketones is 1. The Balaban J connectivity index is 1.91. The van der Waals surface area contributed by atoms with Crippen LogP contribution in [0.2, 0.25) is 0 Å². The van der Waals surface area contributed by atoms with Crippen molar-refractivity contribution in [3.63, 3.8) is 0 Å². The molecule has 0 aliphatic carbocycles. The van der Waals surface area contributed by atoms with Gasteiger partial charge in [-0.05, 0) is 37.3 Å². The van der Waals surface area contributed by atoms with Crippen LogP contribution in [-0.4, -0.2) is 77.0 Å². The van der Waals surface area contributed by atoms with E-state index in [4.69, 9.17) is 14.2 Å². The molecule has 174 valence electrons. The third-order valence-corrected chi connectivity index (χ3v) is 7.36. The SMILES string of the molecule is COc1ccc(OC)c(CN(CCN2CCOCC2)S(=O)(=O)c2ccc(C(C)=O)cc2)c1. The van der Waals surface area contributed by atoms with E-state index >= 15 is 0 Å². The lowest BCUT2D eigenvalue weighted by atomic mass is 10.2. The smallest absolute Gasteiger partial charge is 0.243 e. The number of carbonyl (C=O) groups excluding carboxylic acids is 1. The van der Waals surface area contributed by atoms with Gasteiger partial charge < -0.3 is 14.2 Å². The van der Waals surface area contributed by atoms with E-state index in [1.54, 1.807) is 44.6 Å². The van der Waals surface area contributed by atoms with Crippen molar-refractivity contribution < 1.29 is 27.4 Å². The number of hydrogen-bond acceptors (Lipinski definition) is 7. The van der Waals surface area contributed by atoms with Crippen molar-refractivity contribution in [3.8, 4) is 11.5 Å². The summed E-state index contributed by atoms with van der Waals surface area (Å²) in [5.74, 6) is 1.10. The molecule has 0 bridgehead atoms. The molecule has 1 heterocycles. The Kier molecular flexibility index (Phi) is 8.25. The molecule has 1 aliphatic heterocycles. The molecule has 0 aromatic heterocycles. The standard InChI is InChI=1S/C23H30N2O6S/c1-18(26)19-4-7-22(8-5-19)32(27,28)25(11-10-24-12-14-31-15-13-24)17-20-16-21(29-2)6-9-23(20)30-3/h4-9,16H,10-15,17H2,1-3H3. The minimum atomic E-state index is -3.82. The number of benzene rings is 2. The first-order valence-electron chi connectivity index (χ1n) is 10.5. The number of ether oxygens (including phenoxy) is 3. The topological polar surface area (TPSA) is 85.4 Å².